The molecule has 2 N–H and O–H groups in total. The molecule has 3 aliphatic heterocycles. The lowest BCUT2D eigenvalue weighted by Crippen LogP contribution is -2.47. The molecular formula is C26H39N5O5. The molecule has 10 nitrogen and oxygen atoms in total. The Balaban J connectivity index is 0.000000550. The topological polar surface area (TPSA) is 121 Å². The third-order valence-electron chi connectivity index (χ3n) is 7.40. The lowest BCUT2D eigenvalue weighted by Gasteiger charge is -2.43. The molecule has 10 heteroatoms. The highest BCUT2D eigenvalue weighted by Crippen LogP contribution is 2.35. The summed E-state index contributed by atoms with van der Waals surface area (Å²) in [6.07, 6.45) is 11.6. The lowest BCUT2D eigenvalue weighted by atomic mass is 9.83. The average molecular weight is 502 g/mol. The Kier molecular flexibility index (Phi) is 10.7. The number of piperidine rings is 1. The molecule has 2 saturated heterocycles. The van der Waals surface area contributed by atoms with E-state index < -0.39 is 0 Å². The molecule has 0 amide bonds. The first kappa shape index (κ1) is 27.6. The van der Waals surface area contributed by atoms with Crippen LogP contribution in [0.2, 0.25) is 0 Å². The van der Waals surface area contributed by atoms with Gasteiger partial charge >= 0.3 is 0 Å². The van der Waals surface area contributed by atoms with Gasteiger partial charge in [0.2, 0.25) is 0 Å². The van der Waals surface area contributed by atoms with Crippen LogP contribution in [0, 0.1) is 5.92 Å². The second kappa shape index (κ2) is 13.9. The van der Waals surface area contributed by atoms with Crippen molar-refractivity contribution in [1.29, 1.82) is 0 Å². The van der Waals surface area contributed by atoms with Gasteiger partial charge in [-0.25, -0.2) is 4.98 Å². The number of likely N-dealkylation sites (tertiary alicyclic amines) is 2. The molecule has 0 saturated carbocycles. The number of aryl methyl sites for hydroxylation is 1. The Morgan fingerprint density at radius 3 is 2.25 bits per heavy atom. The Hall–Kier alpha value is -2.98. The van der Waals surface area contributed by atoms with Crippen LogP contribution in [0.4, 0.5) is 0 Å². The predicted molar refractivity (Wildman–Crippen MR) is 136 cm³/mol. The minimum atomic E-state index is -0.250. The number of imidazole rings is 1. The lowest BCUT2D eigenvalue weighted by molar-refractivity contribution is -0.123. The first-order valence-corrected chi connectivity index (χ1v) is 12.8. The van der Waals surface area contributed by atoms with Gasteiger partial charge in [-0.15, -0.1) is 0 Å². The standard InChI is InChI=1S/C24H35N5O.2CH2O2/c1-26-18-25-12-22(26)17-28-13-19-11-21(16-28)23-8-7-20(24(30)29(23)14-19)15-27-9-5-3-2-4-6-10-27;2*2-1-3/h7-8,12,18-19,21H,2-6,9-11,13-17H2,1H3;2*1H,(H,2,3)/t19-,21+;;/m0../s1. The molecule has 2 aromatic heterocycles. The van der Waals surface area contributed by atoms with Gasteiger partial charge in [0.25, 0.3) is 18.5 Å². The highest BCUT2D eigenvalue weighted by atomic mass is 16.3. The van der Waals surface area contributed by atoms with E-state index in [9.17, 15) is 4.79 Å². The smallest absolute Gasteiger partial charge is 0.290 e. The summed E-state index contributed by atoms with van der Waals surface area (Å²) in [5, 5.41) is 13.8. The van der Waals surface area contributed by atoms with E-state index in [1.165, 1.54) is 49.9 Å². The van der Waals surface area contributed by atoms with Crippen LogP contribution in [0.25, 0.3) is 0 Å². The van der Waals surface area contributed by atoms with Crippen molar-refractivity contribution in [2.75, 3.05) is 26.2 Å². The molecule has 0 aromatic carbocycles. The molecule has 36 heavy (non-hydrogen) atoms. The minimum absolute atomic E-state index is 0.250. The van der Waals surface area contributed by atoms with Crippen LogP contribution in [-0.2, 0) is 36.3 Å². The van der Waals surface area contributed by atoms with E-state index in [1.54, 1.807) is 0 Å². The number of aromatic nitrogens is 3. The highest BCUT2D eigenvalue weighted by Gasteiger charge is 2.35. The van der Waals surface area contributed by atoms with Crippen molar-refractivity contribution in [3.8, 4) is 0 Å². The minimum Gasteiger partial charge on any atom is -0.483 e. The van der Waals surface area contributed by atoms with Gasteiger partial charge in [0, 0.05) is 63.1 Å². The zero-order chi connectivity index (χ0) is 25.9. The zero-order valence-electron chi connectivity index (χ0n) is 21.2. The van der Waals surface area contributed by atoms with Crippen LogP contribution >= 0.6 is 0 Å². The molecule has 198 valence electrons. The Morgan fingerprint density at radius 2 is 1.61 bits per heavy atom. The number of fused-ring (bicyclic) bond motifs is 4. The van der Waals surface area contributed by atoms with E-state index in [2.05, 4.69) is 43.1 Å². The zero-order valence-corrected chi connectivity index (χ0v) is 21.2. The van der Waals surface area contributed by atoms with Crippen molar-refractivity contribution in [1.82, 2.24) is 23.9 Å². The Bertz CT molecular complexity index is 1020. The largest absolute Gasteiger partial charge is 0.483 e. The average Bonchev–Trinajstić information content (AvgIpc) is 3.23. The number of nitrogens with zero attached hydrogens (tertiary/aromatic N) is 5. The van der Waals surface area contributed by atoms with Gasteiger partial charge in [0.05, 0.1) is 12.0 Å². The molecule has 2 aromatic rings. The Morgan fingerprint density at radius 1 is 0.944 bits per heavy atom. The van der Waals surface area contributed by atoms with Crippen molar-refractivity contribution >= 4 is 12.9 Å². The van der Waals surface area contributed by atoms with Gasteiger partial charge < -0.3 is 19.3 Å². The van der Waals surface area contributed by atoms with E-state index in [-0.39, 0.29) is 18.5 Å². The second-order valence-electron chi connectivity index (χ2n) is 9.94. The SMILES string of the molecule is Cn1cncc1CN1C[C@@H]2C[C@H](C1)c1ccc(CN3CCCCCCC3)c(=O)n1C2.O=CO.O=CO. The summed E-state index contributed by atoms with van der Waals surface area (Å²) in [5.74, 6) is 1.04. The van der Waals surface area contributed by atoms with Crippen LogP contribution < -0.4 is 5.56 Å². The van der Waals surface area contributed by atoms with Gasteiger partial charge in [-0.05, 0) is 44.3 Å². The molecule has 0 unspecified atom stereocenters. The summed E-state index contributed by atoms with van der Waals surface area (Å²) in [6.45, 7) is 6.52. The molecule has 2 bridgehead atoms. The Labute approximate surface area is 212 Å². The fraction of sp³-hybridized carbons (Fsp3) is 0.615. The molecule has 2 fully saturated rings. The highest BCUT2D eigenvalue weighted by molar-refractivity contribution is 5.33. The molecule has 0 aliphatic carbocycles. The van der Waals surface area contributed by atoms with E-state index in [4.69, 9.17) is 19.8 Å². The van der Waals surface area contributed by atoms with E-state index >= 15 is 0 Å². The fourth-order valence-corrected chi connectivity index (χ4v) is 5.82. The molecule has 5 heterocycles. The molecular weight excluding hydrogens is 462 g/mol. The van der Waals surface area contributed by atoms with Gasteiger partial charge in [-0.2, -0.15) is 0 Å². The van der Waals surface area contributed by atoms with E-state index in [0.717, 1.165) is 51.4 Å². The maximum atomic E-state index is 13.4. The monoisotopic (exact) mass is 501 g/mol. The van der Waals surface area contributed by atoms with Crippen LogP contribution in [0.5, 0.6) is 0 Å². The third-order valence-corrected chi connectivity index (χ3v) is 7.40. The van der Waals surface area contributed by atoms with Crippen molar-refractivity contribution in [3.63, 3.8) is 0 Å². The predicted octanol–water partition coefficient (Wildman–Crippen LogP) is 2.37. The maximum absolute atomic E-state index is 13.4. The van der Waals surface area contributed by atoms with Crippen molar-refractivity contribution < 1.29 is 19.8 Å². The number of rotatable bonds is 4. The number of carboxylic acid groups (broad SMARTS) is 2. The van der Waals surface area contributed by atoms with Gasteiger partial charge in [0.1, 0.15) is 0 Å². The first-order chi connectivity index (χ1) is 17.5. The fourth-order valence-electron chi connectivity index (χ4n) is 5.82. The van der Waals surface area contributed by atoms with Crippen LogP contribution in [0.3, 0.4) is 0 Å². The number of hydrogen-bond donors (Lipinski definition) is 2. The summed E-state index contributed by atoms with van der Waals surface area (Å²) < 4.78 is 4.24. The summed E-state index contributed by atoms with van der Waals surface area (Å²) in [6, 6.07) is 4.39. The summed E-state index contributed by atoms with van der Waals surface area (Å²) in [7, 11) is 2.07. The number of carbonyl (C=O) groups is 2. The van der Waals surface area contributed by atoms with Crippen LogP contribution in [0.15, 0.2) is 29.5 Å². The summed E-state index contributed by atoms with van der Waals surface area (Å²) in [5.41, 5.74) is 3.77. The molecule has 5 rings (SSSR count). The van der Waals surface area contributed by atoms with Crippen LogP contribution in [0.1, 0.15) is 61.4 Å². The van der Waals surface area contributed by atoms with Crippen molar-refractivity contribution in [2.24, 2.45) is 13.0 Å². The molecule has 3 aliphatic rings. The van der Waals surface area contributed by atoms with Gasteiger partial charge in [-0.3, -0.25) is 24.2 Å². The second-order valence-corrected chi connectivity index (χ2v) is 9.94. The molecule has 2 atom stereocenters. The quantitative estimate of drug-likeness (QED) is 0.613. The van der Waals surface area contributed by atoms with Crippen LogP contribution in [-0.4, -0.2) is 73.3 Å². The molecule has 0 spiro atoms. The third kappa shape index (κ3) is 7.27. The summed E-state index contributed by atoms with van der Waals surface area (Å²) >= 11 is 0. The van der Waals surface area contributed by atoms with Gasteiger partial charge in [-0.1, -0.05) is 25.3 Å². The number of hydrogen-bond acceptors (Lipinski definition) is 6. The van der Waals surface area contributed by atoms with E-state index in [1.807, 2.05) is 12.5 Å². The van der Waals surface area contributed by atoms with Gasteiger partial charge in [0.15, 0.2) is 0 Å². The van der Waals surface area contributed by atoms with Crippen molar-refractivity contribution in [3.05, 3.63) is 52.0 Å². The summed E-state index contributed by atoms with van der Waals surface area (Å²) in [4.78, 5) is 39.4. The molecule has 0 radical (unpaired) electrons. The maximum Gasteiger partial charge on any atom is 0.290 e. The first-order valence-electron chi connectivity index (χ1n) is 12.8. The normalized spacial score (nSPS) is 21.9. The van der Waals surface area contributed by atoms with E-state index in [0.29, 0.717) is 11.8 Å². The number of pyridine rings is 1. The van der Waals surface area contributed by atoms with Crippen molar-refractivity contribution in [2.45, 2.75) is 64.1 Å².